The van der Waals surface area contributed by atoms with E-state index >= 15 is 0 Å². The minimum absolute atomic E-state index is 0.226. The van der Waals surface area contributed by atoms with Crippen molar-refractivity contribution in [1.82, 2.24) is 20.2 Å². The molecule has 4 nitrogen and oxygen atoms in total. The zero-order chi connectivity index (χ0) is 13.6. The van der Waals surface area contributed by atoms with Gasteiger partial charge in [-0.2, -0.15) is 10.1 Å². The highest BCUT2D eigenvalue weighted by atomic mass is 35.5. The molecule has 96 valence electrons. The molecule has 0 unspecified atom stereocenters. The van der Waals surface area contributed by atoms with Gasteiger partial charge in [-0.1, -0.05) is 6.07 Å². The van der Waals surface area contributed by atoms with Gasteiger partial charge in [-0.25, -0.2) is 4.98 Å². The van der Waals surface area contributed by atoms with Gasteiger partial charge in [-0.3, -0.25) is 5.10 Å². The van der Waals surface area contributed by atoms with E-state index in [0.29, 0.717) is 5.65 Å². The molecule has 5 heteroatoms. The zero-order valence-corrected chi connectivity index (χ0v) is 11.7. The highest BCUT2D eigenvalue weighted by Gasteiger charge is 2.13. The highest BCUT2D eigenvalue weighted by molar-refractivity contribution is 6.28. The number of hydrogen-bond acceptors (Lipinski definition) is 3. The van der Waals surface area contributed by atoms with Crippen molar-refractivity contribution in [2.24, 2.45) is 0 Å². The van der Waals surface area contributed by atoms with E-state index in [1.54, 1.807) is 6.20 Å². The number of rotatable bonds is 1. The number of benzene rings is 1. The standard InChI is InChI=1S/C14H13ClN4/c1-7-4-9(3)10(5-8(7)2)12-11-6-16-19-13(11)18-14(15)17-12/h4-6H,1-3H3,(H,16,17,18,19). The topological polar surface area (TPSA) is 54.5 Å². The second-order valence-electron chi connectivity index (χ2n) is 4.72. The average Bonchev–Trinajstić information content (AvgIpc) is 2.80. The molecular weight excluding hydrogens is 260 g/mol. The van der Waals surface area contributed by atoms with E-state index < -0.39 is 0 Å². The summed E-state index contributed by atoms with van der Waals surface area (Å²) in [4.78, 5) is 8.50. The molecule has 0 atom stereocenters. The first-order valence-corrected chi connectivity index (χ1v) is 6.39. The second-order valence-corrected chi connectivity index (χ2v) is 5.06. The molecule has 0 aliphatic carbocycles. The molecule has 0 bridgehead atoms. The molecule has 0 radical (unpaired) electrons. The molecule has 1 N–H and O–H groups in total. The number of H-pyrrole nitrogens is 1. The van der Waals surface area contributed by atoms with E-state index in [9.17, 15) is 0 Å². The molecule has 3 aromatic rings. The van der Waals surface area contributed by atoms with Gasteiger partial charge in [0.2, 0.25) is 5.28 Å². The van der Waals surface area contributed by atoms with Gasteiger partial charge in [0.1, 0.15) is 0 Å². The Kier molecular flexibility index (Phi) is 2.75. The van der Waals surface area contributed by atoms with Crippen LogP contribution in [0.15, 0.2) is 18.3 Å². The quantitative estimate of drug-likeness (QED) is 0.689. The summed E-state index contributed by atoms with van der Waals surface area (Å²) in [6.45, 7) is 6.27. The van der Waals surface area contributed by atoms with Gasteiger partial charge in [0.15, 0.2) is 5.65 Å². The Morgan fingerprint density at radius 1 is 1.00 bits per heavy atom. The average molecular weight is 273 g/mol. The lowest BCUT2D eigenvalue weighted by molar-refractivity contribution is 1.09. The molecule has 0 amide bonds. The van der Waals surface area contributed by atoms with Crippen molar-refractivity contribution in [2.45, 2.75) is 20.8 Å². The summed E-state index contributed by atoms with van der Waals surface area (Å²) in [5.41, 5.74) is 6.22. The molecular formula is C14H13ClN4. The Morgan fingerprint density at radius 2 is 1.74 bits per heavy atom. The summed E-state index contributed by atoms with van der Waals surface area (Å²) < 4.78 is 0. The number of aryl methyl sites for hydroxylation is 3. The van der Waals surface area contributed by atoms with Crippen LogP contribution in [0.4, 0.5) is 0 Å². The van der Waals surface area contributed by atoms with E-state index in [1.807, 2.05) is 0 Å². The predicted molar refractivity (Wildman–Crippen MR) is 76.3 cm³/mol. The Morgan fingerprint density at radius 3 is 2.53 bits per heavy atom. The number of nitrogens with one attached hydrogen (secondary N) is 1. The van der Waals surface area contributed by atoms with Crippen LogP contribution in [0.25, 0.3) is 22.3 Å². The fourth-order valence-electron chi connectivity index (χ4n) is 2.23. The smallest absolute Gasteiger partial charge is 0.224 e. The molecule has 0 spiro atoms. The van der Waals surface area contributed by atoms with E-state index in [2.05, 4.69) is 53.1 Å². The molecule has 2 heterocycles. The van der Waals surface area contributed by atoms with Crippen LogP contribution in [0.3, 0.4) is 0 Å². The van der Waals surface area contributed by atoms with E-state index in [0.717, 1.165) is 16.6 Å². The molecule has 19 heavy (non-hydrogen) atoms. The summed E-state index contributed by atoms with van der Waals surface area (Å²) in [7, 11) is 0. The summed E-state index contributed by atoms with van der Waals surface area (Å²) in [6, 6.07) is 4.29. The SMILES string of the molecule is Cc1cc(C)c(-c2nc(Cl)nc3[nH]ncc23)cc1C. The number of aromatic amines is 1. The molecule has 0 aliphatic heterocycles. The number of fused-ring (bicyclic) bond motifs is 1. The maximum absolute atomic E-state index is 5.98. The zero-order valence-electron chi connectivity index (χ0n) is 11.0. The lowest BCUT2D eigenvalue weighted by Crippen LogP contribution is -1.94. The lowest BCUT2D eigenvalue weighted by atomic mass is 9.97. The summed E-state index contributed by atoms with van der Waals surface area (Å²) in [6.07, 6.45) is 1.73. The lowest BCUT2D eigenvalue weighted by Gasteiger charge is -2.10. The van der Waals surface area contributed by atoms with Crippen LogP contribution < -0.4 is 0 Å². The number of hydrogen-bond donors (Lipinski definition) is 1. The molecule has 0 fully saturated rings. The van der Waals surface area contributed by atoms with Crippen molar-refractivity contribution >= 4 is 22.6 Å². The van der Waals surface area contributed by atoms with Crippen LogP contribution in [0, 0.1) is 20.8 Å². The van der Waals surface area contributed by atoms with Gasteiger partial charge >= 0.3 is 0 Å². The van der Waals surface area contributed by atoms with Crippen LogP contribution in [0.1, 0.15) is 16.7 Å². The third kappa shape index (κ3) is 1.98. The van der Waals surface area contributed by atoms with Crippen LogP contribution in [-0.4, -0.2) is 20.2 Å². The Balaban J connectivity index is 2.35. The third-order valence-corrected chi connectivity index (χ3v) is 3.55. The fraction of sp³-hybridized carbons (Fsp3) is 0.214. The minimum atomic E-state index is 0.226. The molecule has 2 aromatic heterocycles. The highest BCUT2D eigenvalue weighted by Crippen LogP contribution is 2.30. The largest absolute Gasteiger partial charge is 0.261 e. The molecule has 1 aromatic carbocycles. The van der Waals surface area contributed by atoms with E-state index in [4.69, 9.17) is 11.6 Å². The molecule has 3 rings (SSSR count). The van der Waals surface area contributed by atoms with Crippen molar-refractivity contribution in [3.63, 3.8) is 0 Å². The predicted octanol–water partition coefficient (Wildman–Crippen LogP) is 3.60. The molecule has 0 aliphatic rings. The summed E-state index contributed by atoms with van der Waals surface area (Å²) in [5, 5.41) is 7.95. The fourth-order valence-corrected chi connectivity index (χ4v) is 2.40. The number of aromatic nitrogens is 4. The Labute approximate surface area is 115 Å². The molecule has 0 saturated carbocycles. The second kappa shape index (κ2) is 4.31. The molecule has 0 saturated heterocycles. The van der Waals surface area contributed by atoms with Crippen molar-refractivity contribution in [2.75, 3.05) is 0 Å². The summed E-state index contributed by atoms with van der Waals surface area (Å²) >= 11 is 5.98. The number of halogens is 1. The van der Waals surface area contributed by atoms with Crippen LogP contribution in [0.2, 0.25) is 5.28 Å². The maximum atomic E-state index is 5.98. The monoisotopic (exact) mass is 272 g/mol. The van der Waals surface area contributed by atoms with E-state index in [-0.39, 0.29) is 5.28 Å². The normalized spacial score (nSPS) is 11.2. The Bertz CT molecular complexity index is 776. The summed E-state index contributed by atoms with van der Waals surface area (Å²) in [5.74, 6) is 0. The van der Waals surface area contributed by atoms with Gasteiger partial charge < -0.3 is 0 Å². The van der Waals surface area contributed by atoms with Crippen LogP contribution >= 0.6 is 11.6 Å². The van der Waals surface area contributed by atoms with Crippen LogP contribution in [-0.2, 0) is 0 Å². The van der Waals surface area contributed by atoms with Crippen LogP contribution in [0.5, 0.6) is 0 Å². The third-order valence-electron chi connectivity index (χ3n) is 3.38. The first-order valence-electron chi connectivity index (χ1n) is 6.01. The van der Waals surface area contributed by atoms with Gasteiger partial charge in [-0.05, 0) is 55.1 Å². The maximum Gasteiger partial charge on any atom is 0.224 e. The van der Waals surface area contributed by atoms with Gasteiger partial charge in [0.25, 0.3) is 0 Å². The number of nitrogens with zero attached hydrogens (tertiary/aromatic N) is 3. The van der Waals surface area contributed by atoms with Gasteiger partial charge in [0, 0.05) is 5.56 Å². The van der Waals surface area contributed by atoms with Crippen molar-refractivity contribution < 1.29 is 0 Å². The first kappa shape index (κ1) is 12.1. The van der Waals surface area contributed by atoms with E-state index in [1.165, 1.54) is 16.7 Å². The van der Waals surface area contributed by atoms with Crippen molar-refractivity contribution in [3.05, 3.63) is 40.3 Å². The first-order chi connectivity index (χ1) is 9.06. The minimum Gasteiger partial charge on any atom is -0.261 e. The van der Waals surface area contributed by atoms with Gasteiger partial charge in [0.05, 0.1) is 17.3 Å². The van der Waals surface area contributed by atoms with Crippen molar-refractivity contribution in [1.29, 1.82) is 0 Å². The van der Waals surface area contributed by atoms with Crippen molar-refractivity contribution in [3.8, 4) is 11.3 Å². The Hall–Kier alpha value is -1.94. The van der Waals surface area contributed by atoms with Gasteiger partial charge in [-0.15, -0.1) is 0 Å².